The molecule has 0 unspecified atom stereocenters. The van der Waals surface area contributed by atoms with Crippen LogP contribution >= 0.6 is 0 Å². The summed E-state index contributed by atoms with van der Waals surface area (Å²) in [5.74, 6) is -1.02. The summed E-state index contributed by atoms with van der Waals surface area (Å²) in [5, 5.41) is 0. The maximum Gasteiger partial charge on any atom is 0.328 e. The van der Waals surface area contributed by atoms with Crippen LogP contribution in [0.1, 0.15) is 40.2 Å². The molecule has 0 atom stereocenters. The molecule has 7 heteroatoms. The van der Waals surface area contributed by atoms with Gasteiger partial charge in [0.2, 0.25) is 0 Å². The molecule has 1 aromatic carbocycles. The van der Waals surface area contributed by atoms with Crippen molar-refractivity contribution in [1.29, 1.82) is 0 Å². The van der Waals surface area contributed by atoms with Crippen molar-refractivity contribution in [2.24, 2.45) is 0 Å². The lowest BCUT2D eigenvalue weighted by Crippen LogP contribution is -2.45. The molecule has 27 heavy (non-hydrogen) atoms. The molecule has 0 aliphatic carbocycles. The fraction of sp³-hybridized carbons (Fsp3) is 0.550. The monoisotopic (exact) mass is 376 g/mol. The van der Waals surface area contributed by atoms with Gasteiger partial charge in [-0.05, 0) is 40.2 Å². The smallest absolute Gasteiger partial charge is 0.328 e. The van der Waals surface area contributed by atoms with Crippen molar-refractivity contribution in [2.45, 2.75) is 52.4 Å². The van der Waals surface area contributed by atoms with Gasteiger partial charge in [-0.25, -0.2) is 4.79 Å². The van der Waals surface area contributed by atoms with Crippen LogP contribution in [0.15, 0.2) is 30.3 Å². The second-order valence-electron chi connectivity index (χ2n) is 8.01. The molecule has 0 bridgehead atoms. The summed E-state index contributed by atoms with van der Waals surface area (Å²) in [6.45, 7) is 9.13. The lowest BCUT2D eigenvalue weighted by molar-refractivity contribution is -0.157. The molecule has 148 valence electrons. The Bertz CT molecular complexity index is 694. The van der Waals surface area contributed by atoms with Crippen molar-refractivity contribution in [1.82, 2.24) is 9.80 Å². The molecule has 1 aromatic rings. The molecule has 2 rings (SSSR count). The Morgan fingerprint density at radius 1 is 1.11 bits per heavy atom. The number of carbonyl (C=O) groups excluding carboxylic acids is 3. The van der Waals surface area contributed by atoms with Crippen molar-refractivity contribution in [2.75, 3.05) is 19.7 Å². The molecule has 3 amide bonds. The van der Waals surface area contributed by atoms with Gasteiger partial charge in [0.05, 0.1) is 13.2 Å². The van der Waals surface area contributed by atoms with E-state index in [1.807, 2.05) is 30.3 Å². The van der Waals surface area contributed by atoms with Crippen molar-refractivity contribution < 1.29 is 23.9 Å². The highest BCUT2D eigenvalue weighted by molar-refractivity contribution is 6.08. The van der Waals surface area contributed by atoms with Gasteiger partial charge in [-0.3, -0.25) is 14.5 Å². The fourth-order valence-electron chi connectivity index (χ4n) is 2.85. The highest BCUT2D eigenvalue weighted by atomic mass is 16.6. The van der Waals surface area contributed by atoms with Crippen molar-refractivity contribution >= 4 is 17.9 Å². The Kier molecular flexibility index (Phi) is 6.26. The Balaban J connectivity index is 1.93. The Labute approximate surface area is 160 Å². The fourth-order valence-corrected chi connectivity index (χ4v) is 2.85. The zero-order chi connectivity index (χ0) is 20.2. The van der Waals surface area contributed by atoms with Gasteiger partial charge < -0.3 is 14.4 Å². The predicted octanol–water partition coefficient (Wildman–Crippen LogP) is 2.59. The molecule has 0 radical (unpaired) electrons. The summed E-state index contributed by atoms with van der Waals surface area (Å²) >= 11 is 0. The van der Waals surface area contributed by atoms with Crippen molar-refractivity contribution in [3.8, 4) is 0 Å². The Morgan fingerprint density at radius 3 is 2.33 bits per heavy atom. The van der Waals surface area contributed by atoms with Gasteiger partial charge in [-0.2, -0.15) is 0 Å². The first kappa shape index (κ1) is 20.9. The van der Waals surface area contributed by atoms with Gasteiger partial charge in [0, 0.05) is 6.54 Å². The summed E-state index contributed by atoms with van der Waals surface area (Å²) < 4.78 is 10.8. The van der Waals surface area contributed by atoms with E-state index in [0.29, 0.717) is 6.61 Å². The van der Waals surface area contributed by atoms with Gasteiger partial charge >= 0.3 is 12.0 Å². The number of benzene rings is 1. The molecule has 1 aliphatic heterocycles. The molecule has 0 spiro atoms. The second kappa shape index (κ2) is 8.08. The molecule has 1 aliphatic rings. The number of esters is 1. The third-order valence-electron chi connectivity index (χ3n) is 4.18. The van der Waals surface area contributed by atoms with Crippen LogP contribution in [0.2, 0.25) is 0 Å². The minimum absolute atomic E-state index is 0.259. The van der Waals surface area contributed by atoms with Crippen LogP contribution in [0.4, 0.5) is 4.79 Å². The summed E-state index contributed by atoms with van der Waals surface area (Å²) in [6, 6.07) is 9.20. The molecular weight excluding hydrogens is 348 g/mol. The minimum Gasteiger partial charge on any atom is -0.459 e. The standard InChI is InChI=1S/C20H28N2O5/c1-19(2,3)27-16(23)13-21-17(24)20(4,5)22(18(21)25)11-12-26-14-15-9-7-6-8-10-15/h6-10H,11-14H2,1-5H3. The number of hydrogen-bond donors (Lipinski definition) is 0. The van der Waals surface area contributed by atoms with Gasteiger partial charge in [0.1, 0.15) is 17.7 Å². The number of nitrogens with zero attached hydrogens (tertiary/aromatic N) is 2. The van der Waals surface area contributed by atoms with Crippen LogP contribution in [-0.2, 0) is 25.7 Å². The highest BCUT2D eigenvalue weighted by Gasteiger charge is 2.51. The number of rotatable bonds is 7. The lowest BCUT2D eigenvalue weighted by atomic mass is 10.0. The maximum absolute atomic E-state index is 12.7. The third kappa shape index (κ3) is 5.29. The Morgan fingerprint density at radius 2 is 1.74 bits per heavy atom. The van der Waals surface area contributed by atoms with E-state index >= 15 is 0 Å². The SMILES string of the molecule is CC(C)(C)OC(=O)CN1C(=O)N(CCOCc2ccccc2)C(C)(C)C1=O. The zero-order valence-electron chi connectivity index (χ0n) is 16.7. The second-order valence-corrected chi connectivity index (χ2v) is 8.01. The van der Waals surface area contributed by atoms with E-state index < -0.39 is 29.0 Å². The molecule has 7 nitrogen and oxygen atoms in total. The van der Waals surface area contributed by atoms with Crippen LogP contribution in [-0.4, -0.2) is 58.5 Å². The zero-order valence-corrected chi connectivity index (χ0v) is 16.7. The summed E-state index contributed by atoms with van der Waals surface area (Å²) in [7, 11) is 0. The predicted molar refractivity (Wildman–Crippen MR) is 99.8 cm³/mol. The van der Waals surface area contributed by atoms with Crippen LogP contribution in [0.3, 0.4) is 0 Å². The largest absolute Gasteiger partial charge is 0.459 e. The highest BCUT2D eigenvalue weighted by Crippen LogP contribution is 2.27. The van der Waals surface area contributed by atoms with E-state index in [0.717, 1.165) is 10.5 Å². The number of hydrogen-bond acceptors (Lipinski definition) is 5. The number of amides is 3. The average molecular weight is 376 g/mol. The quantitative estimate of drug-likeness (QED) is 0.415. The van der Waals surface area contributed by atoms with Gasteiger partial charge in [-0.15, -0.1) is 0 Å². The van der Waals surface area contributed by atoms with E-state index in [4.69, 9.17) is 9.47 Å². The van der Waals surface area contributed by atoms with E-state index in [1.165, 1.54) is 4.90 Å². The molecule has 0 aromatic heterocycles. The van der Waals surface area contributed by atoms with Gasteiger partial charge in [0.15, 0.2) is 0 Å². The van der Waals surface area contributed by atoms with Gasteiger partial charge in [0.25, 0.3) is 5.91 Å². The summed E-state index contributed by atoms with van der Waals surface area (Å²) in [4.78, 5) is 39.7. The minimum atomic E-state index is -1.03. The first-order valence-electron chi connectivity index (χ1n) is 8.99. The number of urea groups is 1. The van der Waals surface area contributed by atoms with Crippen LogP contribution in [0.5, 0.6) is 0 Å². The number of carbonyl (C=O) groups is 3. The molecule has 0 N–H and O–H groups in total. The number of ether oxygens (including phenoxy) is 2. The topological polar surface area (TPSA) is 76.2 Å². The van der Waals surface area contributed by atoms with Crippen molar-refractivity contribution in [3.63, 3.8) is 0 Å². The van der Waals surface area contributed by atoms with Crippen LogP contribution in [0, 0.1) is 0 Å². The van der Waals surface area contributed by atoms with Gasteiger partial charge in [-0.1, -0.05) is 30.3 Å². The maximum atomic E-state index is 12.7. The molecule has 1 heterocycles. The summed E-state index contributed by atoms with van der Waals surface area (Å²) in [6.07, 6.45) is 0. The van der Waals surface area contributed by atoms with Crippen LogP contribution in [0.25, 0.3) is 0 Å². The van der Waals surface area contributed by atoms with Crippen LogP contribution < -0.4 is 0 Å². The lowest BCUT2D eigenvalue weighted by Gasteiger charge is -2.27. The van der Waals surface area contributed by atoms with E-state index in [9.17, 15) is 14.4 Å². The Hall–Kier alpha value is -2.41. The average Bonchev–Trinajstić information content (AvgIpc) is 2.72. The van der Waals surface area contributed by atoms with E-state index in [2.05, 4.69) is 0 Å². The third-order valence-corrected chi connectivity index (χ3v) is 4.18. The molecule has 0 saturated carbocycles. The van der Waals surface area contributed by atoms with E-state index in [-0.39, 0.29) is 19.7 Å². The molecular formula is C20H28N2O5. The van der Waals surface area contributed by atoms with E-state index in [1.54, 1.807) is 34.6 Å². The molecule has 1 saturated heterocycles. The first-order valence-corrected chi connectivity index (χ1v) is 8.99. The molecule has 1 fully saturated rings. The number of imide groups is 1. The summed E-state index contributed by atoms with van der Waals surface area (Å²) in [5.41, 5.74) is -0.675. The van der Waals surface area contributed by atoms with Crippen molar-refractivity contribution in [3.05, 3.63) is 35.9 Å². The first-order chi connectivity index (χ1) is 12.5. The normalized spacial score (nSPS) is 16.8.